The summed E-state index contributed by atoms with van der Waals surface area (Å²) in [6, 6.07) is 8.31. The second-order valence-electron chi connectivity index (χ2n) is 4.35. The number of aromatic carboxylic acids is 1. The molecule has 0 radical (unpaired) electrons. The summed E-state index contributed by atoms with van der Waals surface area (Å²) in [5.41, 5.74) is 0.904. The van der Waals surface area contributed by atoms with Crippen LogP contribution in [-0.2, 0) is 6.54 Å². The minimum atomic E-state index is -1.07. The van der Waals surface area contributed by atoms with Crippen LogP contribution in [0.1, 0.15) is 15.9 Å². The van der Waals surface area contributed by atoms with Crippen LogP contribution in [0.25, 0.3) is 0 Å². The molecule has 0 spiro atoms. The number of rotatable bonds is 4. The quantitative estimate of drug-likeness (QED) is 0.899. The third-order valence-corrected chi connectivity index (χ3v) is 4.03. The van der Waals surface area contributed by atoms with Crippen molar-refractivity contribution in [2.75, 3.05) is 12.4 Å². The van der Waals surface area contributed by atoms with Crippen LogP contribution in [0.3, 0.4) is 0 Å². The van der Waals surface area contributed by atoms with Crippen molar-refractivity contribution < 1.29 is 14.7 Å². The van der Waals surface area contributed by atoms with Gasteiger partial charge in [-0.25, -0.2) is 9.59 Å². The van der Waals surface area contributed by atoms with Gasteiger partial charge in [-0.1, -0.05) is 29.8 Å². The summed E-state index contributed by atoms with van der Waals surface area (Å²) in [6.45, 7) is 0.333. The summed E-state index contributed by atoms with van der Waals surface area (Å²) in [5.74, 6) is -1.07. The van der Waals surface area contributed by atoms with Crippen molar-refractivity contribution in [2.45, 2.75) is 6.54 Å². The lowest BCUT2D eigenvalue weighted by molar-refractivity contribution is 0.0698. The first-order valence-corrected chi connectivity index (χ1v) is 7.31. The standard InChI is InChI=1S/C14H13ClN2O3S/c1-17(8-9-4-2-3-5-11(9)15)14(20)16-12-10(13(18)19)6-7-21-12/h2-7H,8H2,1H3,(H,16,20)(H,18,19). The topological polar surface area (TPSA) is 69.6 Å². The maximum absolute atomic E-state index is 12.1. The Labute approximate surface area is 130 Å². The van der Waals surface area contributed by atoms with Gasteiger partial charge < -0.3 is 10.0 Å². The van der Waals surface area contributed by atoms with Crippen molar-refractivity contribution in [3.8, 4) is 0 Å². The zero-order chi connectivity index (χ0) is 15.4. The predicted octanol–water partition coefficient (Wildman–Crippen LogP) is 3.76. The van der Waals surface area contributed by atoms with Crippen LogP contribution < -0.4 is 5.32 Å². The highest BCUT2D eigenvalue weighted by atomic mass is 35.5. The van der Waals surface area contributed by atoms with Crippen molar-refractivity contribution >= 4 is 39.9 Å². The molecule has 0 aliphatic carbocycles. The number of hydrogen-bond acceptors (Lipinski definition) is 3. The number of carboxylic acid groups (broad SMARTS) is 1. The number of nitrogens with zero attached hydrogens (tertiary/aromatic N) is 1. The van der Waals surface area contributed by atoms with Gasteiger partial charge in [0.25, 0.3) is 0 Å². The van der Waals surface area contributed by atoms with Gasteiger partial charge in [0.2, 0.25) is 0 Å². The second-order valence-corrected chi connectivity index (χ2v) is 5.67. The van der Waals surface area contributed by atoms with E-state index < -0.39 is 5.97 Å². The number of carbonyl (C=O) groups is 2. The molecule has 0 saturated carbocycles. The molecule has 2 aromatic rings. The van der Waals surface area contributed by atoms with Crippen LogP contribution in [0.5, 0.6) is 0 Å². The number of amides is 2. The molecule has 0 unspecified atom stereocenters. The van der Waals surface area contributed by atoms with E-state index in [4.69, 9.17) is 16.7 Å². The smallest absolute Gasteiger partial charge is 0.338 e. The van der Waals surface area contributed by atoms with Crippen LogP contribution >= 0.6 is 22.9 Å². The van der Waals surface area contributed by atoms with Crippen LogP contribution in [0, 0.1) is 0 Å². The third kappa shape index (κ3) is 3.74. The number of anilines is 1. The van der Waals surface area contributed by atoms with E-state index in [0.29, 0.717) is 16.6 Å². The van der Waals surface area contributed by atoms with Gasteiger partial charge in [0.1, 0.15) is 5.00 Å². The Morgan fingerprint density at radius 2 is 2.05 bits per heavy atom. The molecule has 2 rings (SSSR count). The average Bonchev–Trinajstić information content (AvgIpc) is 2.89. The monoisotopic (exact) mass is 324 g/mol. The van der Waals surface area contributed by atoms with Gasteiger partial charge in [0, 0.05) is 18.6 Å². The van der Waals surface area contributed by atoms with Gasteiger partial charge in [0.05, 0.1) is 5.56 Å². The maximum atomic E-state index is 12.1. The number of urea groups is 1. The molecular formula is C14H13ClN2O3S. The molecule has 0 fully saturated rings. The number of hydrogen-bond donors (Lipinski definition) is 2. The number of nitrogens with one attached hydrogen (secondary N) is 1. The van der Waals surface area contributed by atoms with Crippen molar-refractivity contribution in [3.63, 3.8) is 0 Å². The lowest BCUT2D eigenvalue weighted by Crippen LogP contribution is -2.31. The highest BCUT2D eigenvalue weighted by molar-refractivity contribution is 7.14. The molecule has 21 heavy (non-hydrogen) atoms. The van der Waals surface area contributed by atoms with E-state index in [1.54, 1.807) is 18.5 Å². The fraction of sp³-hybridized carbons (Fsp3) is 0.143. The van der Waals surface area contributed by atoms with Crippen molar-refractivity contribution in [2.24, 2.45) is 0 Å². The van der Waals surface area contributed by atoms with Crippen LogP contribution in [0.2, 0.25) is 5.02 Å². The Morgan fingerprint density at radius 1 is 1.33 bits per heavy atom. The van der Waals surface area contributed by atoms with E-state index in [1.165, 1.54) is 22.3 Å². The van der Waals surface area contributed by atoms with Crippen molar-refractivity contribution in [1.82, 2.24) is 4.90 Å². The lowest BCUT2D eigenvalue weighted by Gasteiger charge is -2.18. The Balaban J connectivity index is 2.05. The molecule has 1 aromatic heterocycles. The maximum Gasteiger partial charge on any atom is 0.338 e. The molecule has 5 nitrogen and oxygen atoms in total. The van der Waals surface area contributed by atoms with Gasteiger partial charge >= 0.3 is 12.0 Å². The average molecular weight is 325 g/mol. The number of thiophene rings is 1. The van der Waals surface area contributed by atoms with E-state index in [9.17, 15) is 9.59 Å². The van der Waals surface area contributed by atoms with Crippen molar-refractivity contribution in [3.05, 3.63) is 51.9 Å². The van der Waals surface area contributed by atoms with Crippen LogP contribution in [-0.4, -0.2) is 29.1 Å². The van der Waals surface area contributed by atoms with Gasteiger partial charge in [0.15, 0.2) is 0 Å². The Morgan fingerprint density at radius 3 is 2.71 bits per heavy atom. The molecule has 2 amide bonds. The fourth-order valence-electron chi connectivity index (χ4n) is 1.72. The first kappa shape index (κ1) is 15.3. The predicted molar refractivity (Wildman–Crippen MR) is 83.2 cm³/mol. The number of halogens is 1. The second kappa shape index (κ2) is 6.60. The lowest BCUT2D eigenvalue weighted by atomic mass is 10.2. The van der Waals surface area contributed by atoms with E-state index in [-0.39, 0.29) is 11.6 Å². The Kier molecular flexibility index (Phi) is 4.82. The third-order valence-electron chi connectivity index (χ3n) is 2.83. The zero-order valence-electron chi connectivity index (χ0n) is 11.2. The normalized spacial score (nSPS) is 10.2. The summed E-state index contributed by atoms with van der Waals surface area (Å²) >= 11 is 7.22. The fourth-order valence-corrected chi connectivity index (χ4v) is 2.69. The Hall–Kier alpha value is -2.05. The molecule has 110 valence electrons. The number of carboxylic acids is 1. The van der Waals surface area contributed by atoms with Gasteiger partial charge in [-0.15, -0.1) is 11.3 Å². The molecule has 7 heteroatoms. The van der Waals surface area contributed by atoms with Crippen molar-refractivity contribution in [1.29, 1.82) is 0 Å². The van der Waals surface area contributed by atoms with Crippen LogP contribution in [0.15, 0.2) is 35.7 Å². The Bertz CT molecular complexity index is 672. The SMILES string of the molecule is CN(Cc1ccccc1Cl)C(=O)Nc1sccc1C(=O)O. The van der Waals surface area contributed by atoms with Gasteiger partial charge in [-0.2, -0.15) is 0 Å². The van der Waals surface area contributed by atoms with E-state index in [0.717, 1.165) is 5.56 Å². The van der Waals surface area contributed by atoms with Crippen LogP contribution in [0.4, 0.5) is 9.80 Å². The first-order valence-electron chi connectivity index (χ1n) is 6.05. The summed E-state index contributed by atoms with van der Waals surface area (Å²) < 4.78 is 0. The molecule has 0 saturated heterocycles. The molecule has 1 heterocycles. The first-order chi connectivity index (χ1) is 9.99. The zero-order valence-corrected chi connectivity index (χ0v) is 12.7. The van der Waals surface area contributed by atoms with E-state index in [1.807, 2.05) is 18.2 Å². The van der Waals surface area contributed by atoms with Gasteiger partial charge in [-0.05, 0) is 23.1 Å². The molecule has 0 atom stereocenters. The molecule has 1 aromatic carbocycles. The van der Waals surface area contributed by atoms with E-state index in [2.05, 4.69) is 5.32 Å². The summed E-state index contributed by atoms with van der Waals surface area (Å²) in [7, 11) is 1.62. The minimum Gasteiger partial charge on any atom is -0.478 e. The highest BCUT2D eigenvalue weighted by Crippen LogP contribution is 2.24. The molecule has 2 N–H and O–H groups in total. The molecule has 0 aliphatic rings. The molecular weight excluding hydrogens is 312 g/mol. The number of benzene rings is 1. The number of carbonyl (C=O) groups excluding carboxylic acids is 1. The van der Waals surface area contributed by atoms with E-state index >= 15 is 0 Å². The molecule has 0 aliphatic heterocycles. The molecule has 0 bridgehead atoms. The highest BCUT2D eigenvalue weighted by Gasteiger charge is 2.16. The van der Waals surface area contributed by atoms with Gasteiger partial charge in [-0.3, -0.25) is 5.32 Å². The summed E-state index contributed by atoms with van der Waals surface area (Å²) in [6.07, 6.45) is 0. The summed E-state index contributed by atoms with van der Waals surface area (Å²) in [4.78, 5) is 24.5. The minimum absolute atomic E-state index is 0.0829. The largest absolute Gasteiger partial charge is 0.478 e. The summed E-state index contributed by atoms with van der Waals surface area (Å²) in [5, 5.41) is 14.1.